The minimum absolute atomic E-state index is 0.0308. The van der Waals surface area contributed by atoms with Crippen LogP contribution >= 0.6 is 11.6 Å². The fourth-order valence-corrected chi connectivity index (χ4v) is 3.56. The maximum Gasteiger partial charge on any atom is 0.259 e. The molecule has 0 bridgehead atoms. The molecule has 3 heterocycles. The van der Waals surface area contributed by atoms with E-state index in [1.165, 1.54) is 18.2 Å². The van der Waals surface area contributed by atoms with E-state index < -0.39 is 11.7 Å². The lowest BCUT2D eigenvalue weighted by Crippen LogP contribution is -2.29. The minimum atomic E-state index is -0.504. The monoisotopic (exact) mass is 418 g/mol. The molecule has 3 aromatic rings. The summed E-state index contributed by atoms with van der Waals surface area (Å²) in [5, 5.41) is 14.8. The van der Waals surface area contributed by atoms with Crippen molar-refractivity contribution in [2.75, 3.05) is 18.8 Å². The molecule has 29 heavy (non-hydrogen) atoms. The van der Waals surface area contributed by atoms with Gasteiger partial charge in [0.2, 0.25) is 5.88 Å². The average Bonchev–Trinajstić information content (AvgIpc) is 3.36. The summed E-state index contributed by atoms with van der Waals surface area (Å²) in [5.41, 5.74) is 7.13. The van der Waals surface area contributed by atoms with E-state index in [1.54, 1.807) is 6.07 Å². The number of hydrogen-bond acceptors (Lipinski definition) is 6. The third-order valence-electron chi connectivity index (χ3n) is 4.93. The number of rotatable bonds is 5. The zero-order valence-corrected chi connectivity index (χ0v) is 16.2. The maximum atomic E-state index is 13.4. The van der Waals surface area contributed by atoms with Crippen LogP contribution in [0.1, 0.15) is 34.8 Å². The molecule has 0 aliphatic carbocycles. The standard InChI is InChI=1S/C19H20ClFN6O2/c20-14-2-1-12(21)9-11(14)10-24-19(28)16-17(26-29-18(16)22)15-5-8-27(25-15)13-3-6-23-7-4-13/h1-2,5,8-9,13,23H,3-4,6-7,10,22H2,(H,24,28). The van der Waals surface area contributed by atoms with Crippen LogP contribution in [-0.4, -0.2) is 33.9 Å². The van der Waals surface area contributed by atoms with E-state index in [1.807, 2.05) is 10.9 Å². The topological polar surface area (TPSA) is 111 Å². The zero-order chi connectivity index (χ0) is 20.4. The predicted molar refractivity (Wildman–Crippen MR) is 106 cm³/mol. The number of piperidine rings is 1. The molecule has 0 radical (unpaired) electrons. The second kappa shape index (κ2) is 8.22. The first-order chi connectivity index (χ1) is 14.0. The number of nitrogen functional groups attached to an aromatic ring is 1. The highest BCUT2D eigenvalue weighted by molar-refractivity contribution is 6.31. The summed E-state index contributed by atoms with van der Waals surface area (Å²) in [5.74, 6) is -1.05. The normalized spacial score (nSPS) is 14.8. The van der Waals surface area contributed by atoms with E-state index in [0.29, 0.717) is 22.3 Å². The Morgan fingerprint density at radius 2 is 2.17 bits per heavy atom. The number of carbonyl (C=O) groups is 1. The van der Waals surface area contributed by atoms with Crippen LogP contribution in [0.2, 0.25) is 5.02 Å². The lowest BCUT2D eigenvalue weighted by atomic mass is 10.1. The molecule has 1 aliphatic rings. The molecule has 1 saturated heterocycles. The van der Waals surface area contributed by atoms with Crippen molar-refractivity contribution < 1.29 is 13.7 Å². The Labute approximate surface area is 171 Å². The van der Waals surface area contributed by atoms with Crippen LogP contribution in [0.3, 0.4) is 0 Å². The molecule has 8 nitrogen and oxygen atoms in total. The second-order valence-electron chi connectivity index (χ2n) is 6.85. The van der Waals surface area contributed by atoms with Gasteiger partial charge in [0.1, 0.15) is 22.8 Å². The van der Waals surface area contributed by atoms with E-state index in [0.717, 1.165) is 25.9 Å². The van der Waals surface area contributed by atoms with Crippen LogP contribution in [0.15, 0.2) is 35.0 Å². The Morgan fingerprint density at radius 1 is 1.38 bits per heavy atom. The summed E-state index contributed by atoms with van der Waals surface area (Å²) in [6.45, 7) is 1.91. The van der Waals surface area contributed by atoms with Gasteiger partial charge in [-0.05, 0) is 55.8 Å². The molecule has 152 valence electrons. The SMILES string of the molecule is Nc1onc(-c2ccn(C3CCNCC3)n2)c1C(=O)NCc1cc(F)ccc1Cl. The Hall–Kier alpha value is -2.91. The smallest absolute Gasteiger partial charge is 0.259 e. The van der Waals surface area contributed by atoms with Gasteiger partial charge in [0, 0.05) is 17.8 Å². The van der Waals surface area contributed by atoms with Crippen molar-refractivity contribution in [2.45, 2.75) is 25.4 Å². The molecule has 4 rings (SSSR count). The summed E-state index contributed by atoms with van der Waals surface area (Å²) < 4.78 is 20.3. The summed E-state index contributed by atoms with van der Waals surface area (Å²) >= 11 is 6.05. The van der Waals surface area contributed by atoms with Gasteiger partial charge in [0.25, 0.3) is 5.91 Å². The van der Waals surface area contributed by atoms with E-state index in [-0.39, 0.29) is 23.7 Å². The second-order valence-corrected chi connectivity index (χ2v) is 7.26. The number of amides is 1. The third-order valence-corrected chi connectivity index (χ3v) is 5.30. The van der Waals surface area contributed by atoms with E-state index >= 15 is 0 Å². The number of aromatic nitrogens is 3. The average molecular weight is 419 g/mol. The fourth-order valence-electron chi connectivity index (χ4n) is 3.38. The molecule has 0 atom stereocenters. The van der Waals surface area contributed by atoms with Crippen molar-refractivity contribution >= 4 is 23.4 Å². The van der Waals surface area contributed by atoms with Gasteiger partial charge in [0.15, 0.2) is 0 Å². The first kappa shape index (κ1) is 19.4. The van der Waals surface area contributed by atoms with Crippen molar-refractivity contribution in [3.63, 3.8) is 0 Å². The van der Waals surface area contributed by atoms with Gasteiger partial charge in [-0.3, -0.25) is 9.48 Å². The molecular weight excluding hydrogens is 399 g/mol. The van der Waals surface area contributed by atoms with E-state index in [9.17, 15) is 9.18 Å². The van der Waals surface area contributed by atoms with E-state index in [2.05, 4.69) is 20.9 Å². The molecule has 2 aromatic heterocycles. The van der Waals surface area contributed by atoms with Gasteiger partial charge in [0.05, 0.1) is 6.04 Å². The van der Waals surface area contributed by atoms with Crippen LogP contribution in [-0.2, 0) is 6.54 Å². The molecule has 1 amide bonds. The van der Waals surface area contributed by atoms with Crippen LogP contribution in [0.4, 0.5) is 10.3 Å². The Morgan fingerprint density at radius 3 is 2.97 bits per heavy atom. The molecule has 1 aromatic carbocycles. The Kier molecular flexibility index (Phi) is 5.50. The van der Waals surface area contributed by atoms with Crippen molar-refractivity contribution in [1.82, 2.24) is 25.6 Å². The number of halogens is 2. The molecule has 1 fully saturated rings. The summed E-state index contributed by atoms with van der Waals surface area (Å²) in [6.07, 6.45) is 3.82. The summed E-state index contributed by atoms with van der Waals surface area (Å²) in [4.78, 5) is 12.7. The molecule has 1 aliphatic heterocycles. The van der Waals surface area contributed by atoms with Crippen molar-refractivity contribution in [2.24, 2.45) is 0 Å². The lowest BCUT2D eigenvalue weighted by molar-refractivity contribution is 0.0952. The fraction of sp³-hybridized carbons (Fsp3) is 0.316. The maximum absolute atomic E-state index is 13.4. The number of anilines is 1. The van der Waals surface area contributed by atoms with Crippen LogP contribution < -0.4 is 16.4 Å². The molecule has 0 unspecified atom stereocenters. The quantitative estimate of drug-likeness (QED) is 0.587. The highest BCUT2D eigenvalue weighted by Crippen LogP contribution is 2.28. The minimum Gasteiger partial charge on any atom is -0.367 e. The van der Waals surface area contributed by atoms with Crippen LogP contribution in [0.25, 0.3) is 11.4 Å². The van der Waals surface area contributed by atoms with Gasteiger partial charge >= 0.3 is 0 Å². The first-order valence-corrected chi connectivity index (χ1v) is 9.64. The predicted octanol–water partition coefficient (Wildman–Crippen LogP) is 2.77. The first-order valence-electron chi connectivity index (χ1n) is 9.26. The number of hydrogen-bond donors (Lipinski definition) is 3. The van der Waals surface area contributed by atoms with Gasteiger partial charge in [-0.1, -0.05) is 16.8 Å². The summed E-state index contributed by atoms with van der Waals surface area (Å²) in [6, 6.07) is 6.02. The van der Waals surface area contributed by atoms with Crippen molar-refractivity contribution in [3.05, 3.63) is 52.4 Å². The molecule has 0 spiro atoms. The largest absolute Gasteiger partial charge is 0.367 e. The Balaban J connectivity index is 1.53. The number of carbonyl (C=O) groups excluding carboxylic acids is 1. The molecule has 4 N–H and O–H groups in total. The van der Waals surface area contributed by atoms with Gasteiger partial charge in [-0.25, -0.2) is 4.39 Å². The van der Waals surface area contributed by atoms with Crippen molar-refractivity contribution in [1.29, 1.82) is 0 Å². The van der Waals surface area contributed by atoms with Crippen molar-refractivity contribution in [3.8, 4) is 11.4 Å². The van der Waals surface area contributed by atoms with Crippen LogP contribution in [0, 0.1) is 5.82 Å². The number of benzene rings is 1. The van der Waals surface area contributed by atoms with Crippen LogP contribution in [0.5, 0.6) is 0 Å². The highest BCUT2D eigenvalue weighted by Gasteiger charge is 2.25. The van der Waals surface area contributed by atoms with Gasteiger partial charge < -0.3 is 20.9 Å². The van der Waals surface area contributed by atoms with Gasteiger partial charge in [-0.15, -0.1) is 0 Å². The summed E-state index contributed by atoms with van der Waals surface area (Å²) in [7, 11) is 0. The number of nitrogens with one attached hydrogen (secondary N) is 2. The zero-order valence-electron chi connectivity index (χ0n) is 15.5. The number of nitrogens with zero attached hydrogens (tertiary/aromatic N) is 3. The third kappa shape index (κ3) is 4.10. The highest BCUT2D eigenvalue weighted by atomic mass is 35.5. The molecule has 10 heteroatoms. The molecule has 0 saturated carbocycles. The lowest BCUT2D eigenvalue weighted by Gasteiger charge is -2.22. The molecular formula is C19H20ClFN6O2. The van der Waals surface area contributed by atoms with Gasteiger partial charge in [-0.2, -0.15) is 5.10 Å². The van der Waals surface area contributed by atoms with E-state index in [4.69, 9.17) is 21.9 Å². The number of nitrogens with two attached hydrogens (primary N) is 1. The Bertz CT molecular complexity index is 1030.